The summed E-state index contributed by atoms with van der Waals surface area (Å²) in [5.41, 5.74) is 6.10. The van der Waals surface area contributed by atoms with E-state index in [2.05, 4.69) is 15.8 Å². The topological polar surface area (TPSA) is 79.8 Å². The maximum atomic E-state index is 12.2. The van der Waals surface area contributed by atoms with Gasteiger partial charge in [-0.15, -0.1) is 0 Å². The Labute approximate surface area is 153 Å². The van der Waals surface area contributed by atoms with Crippen molar-refractivity contribution >= 4 is 23.2 Å². The molecular weight excluding hydrogens is 330 g/mol. The Bertz CT molecular complexity index is 844. The molecule has 6 nitrogen and oxygen atoms in total. The Morgan fingerprint density at radius 1 is 1.08 bits per heavy atom. The molecule has 0 fully saturated rings. The first-order valence-corrected chi connectivity index (χ1v) is 8.23. The van der Waals surface area contributed by atoms with E-state index in [0.29, 0.717) is 22.7 Å². The first-order chi connectivity index (χ1) is 12.4. The van der Waals surface area contributed by atoms with Gasteiger partial charge < -0.3 is 10.1 Å². The molecule has 0 unspecified atom stereocenters. The fourth-order valence-electron chi connectivity index (χ4n) is 2.38. The van der Waals surface area contributed by atoms with Crippen LogP contribution >= 0.6 is 0 Å². The smallest absolute Gasteiger partial charge is 0.271 e. The first-order valence-electron chi connectivity index (χ1n) is 8.23. The lowest BCUT2D eigenvalue weighted by Crippen LogP contribution is -2.21. The summed E-state index contributed by atoms with van der Waals surface area (Å²) in [6.07, 6.45) is 0.0607. The van der Waals surface area contributed by atoms with Gasteiger partial charge in [-0.25, -0.2) is 5.43 Å². The summed E-state index contributed by atoms with van der Waals surface area (Å²) < 4.78 is 5.24. The average Bonchev–Trinajstić information content (AvgIpc) is 2.59. The molecule has 0 aromatic heterocycles. The van der Waals surface area contributed by atoms with Gasteiger partial charge in [-0.2, -0.15) is 5.10 Å². The maximum absolute atomic E-state index is 12.2. The van der Waals surface area contributed by atoms with Gasteiger partial charge in [-0.05, 0) is 50.6 Å². The van der Waals surface area contributed by atoms with Gasteiger partial charge in [0, 0.05) is 11.3 Å². The number of nitrogens with one attached hydrogen (secondary N) is 2. The third kappa shape index (κ3) is 5.44. The van der Waals surface area contributed by atoms with Crippen LogP contribution in [0.15, 0.2) is 47.6 Å². The number of amides is 2. The maximum Gasteiger partial charge on any atom is 0.271 e. The molecule has 0 aliphatic rings. The van der Waals surface area contributed by atoms with E-state index in [1.807, 2.05) is 38.1 Å². The van der Waals surface area contributed by atoms with Crippen LogP contribution in [0.25, 0.3) is 0 Å². The van der Waals surface area contributed by atoms with E-state index >= 15 is 0 Å². The summed E-state index contributed by atoms with van der Waals surface area (Å²) in [7, 11) is 1.55. The third-order valence-corrected chi connectivity index (χ3v) is 3.67. The van der Waals surface area contributed by atoms with E-state index in [0.717, 1.165) is 11.1 Å². The van der Waals surface area contributed by atoms with Crippen LogP contribution in [-0.4, -0.2) is 24.6 Å². The Hall–Kier alpha value is -3.15. The van der Waals surface area contributed by atoms with Crippen molar-refractivity contribution in [1.29, 1.82) is 0 Å². The highest BCUT2D eigenvalue weighted by molar-refractivity contribution is 6.06. The van der Waals surface area contributed by atoms with Crippen molar-refractivity contribution in [3.63, 3.8) is 0 Å². The van der Waals surface area contributed by atoms with Gasteiger partial charge >= 0.3 is 0 Å². The van der Waals surface area contributed by atoms with Gasteiger partial charge in [-0.3, -0.25) is 9.59 Å². The number of rotatable bonds is 6. The van der Waals surface area contributed by atoms with Gasteiger partial charge in [0.25, 0.3) is 5.91 Å². The molecule has 2 N–H and O–H groups in total. The third-order valence-electron chi connectivity index (χ3n) is 3.67. The van der Waals surface area contributed by atoms with Crippen molar-refractivity contribution in [2.24, 2.45) is 5.10 Å². The molecule has 0 atom stereocenters. The highest BCUT2D eigenvalue weighted by atomic mass is 16.5. The second-order valence-electron chi connectivity index (χ2n) is 6.09. The summed E-state index contributed by atoms with van der Waals surface area (Å²) >= 11 is 0. The number of benzene rings is 2. The molecule has 0 aliphatic heterocycles. The molecule has 0 aliphatic carbocycles. The average molecular weight is 353 g/mol. The zero-order valence-electron chi connectivity index (χ0n) is 15.4. The second-order valence-corrected chi connectivity index (χ2v) is 6.09. The van der Waals surface area contributed by atoms with Crippen LogP contribution < -0.4 is 15.5 Å². The van der Waals surface area contributed by atoms with Gasteiger partial charge in [0.2, 0.25) is 5.91 Å². The largest absolute Gasteiger partial charge is 0.495 e. The zero-order chi connectivity index (χ0) is 19.1. The van der Waals surface area contributed by atoms with Crippen LogP contribution in [0.1, 0.15) is 34.8 Å². The number of nitrogens with zero attached hydrogens (tertiary/aromatic N) is 1. The standard InChI is InChI=1S/C20H23N3O3/c1-13-6-5-7-16(10-13)20(25)23-22-15(3)12-19(24)21-17-11-14(2)8-9-18(17)26-4/h5-11H,12H2,1-4H3,(H,21,24)(H,23,25). The fourth-order valence-corrected chi connectivity index (χ4v) is 2.38. The summed E-state index contributed by atoms with van der Waals surface area (Å²) in [5, 5.41) is 6.80. The van der Waals surface area contributed by atoms with Crippen molar-refractivity contribution in [1.82, 2.24) is 5.43 Å². The van der Waals surface area contributed by atoms with Crippen molar-refractivity contribution < 1.29 is 14.3 Å². The van der Waals surface area contributed by atoms with E-state index < -0.39 is 0 Å². The molecule has 2 aromatic carbocycles. The highest BCUT2D eigenvalue weighted by Gasteiger charge is 2.10. The molecule has 0 saturated carbocycles. The minimum Gasteiger partial charge on any atom is -0.495 e. The number of carbonyl (C=O) groups is 2. The van der Waals surface area contributed by atoms with Crippen molar-refractivity contribution in [2.45, 2.75) is 27.2 Å². The molecular formula is C20H23N3O3. The number of anilines is 1. The van der Waals surface area contributed by atoms with Crippen LogP contribution in [0.4, 0.5) is 5.69 Å². The molecule has 0 bridgehead atoms. The lowest BCUT2D eigenvalue weighted by Gasteiger charge is -2.11. The molecule has 2 aromatic rings. The molecule has 0 radical (unpaired) electrons. The van der Waals surface area contributed by atoms with E-state index in [1.165, 1.54) is 0 Å². The number of aryl methyl sites for hydroxylation is 2. The lowest BCUT2D eigenvalue weighted by molar-refractivity contribution is -0.115. The number of ether oxygens (including phenoxy) is 1. The summed E-state index contributed by atoms with van der Waals surface area (Å²) in [4.78, 5) is 24.3. The first kappa shape index (κ1) is 19.2. The molecule has 0 heterocycles. The van der Waals surface area contributed by atoms with Crippen LogP contribution in [0.2, 0.25) is 0 Å². The zero-order valence-corrected chi connectivity index (χ0v) is 15.4. The number of carbonyl (C=O) groups excluding carboxylic acids is 2. The van der Waals surface area contributed by atoms with Crippen LogP contribution in [0.3, 0.4) is 0 Å². The number of hydrogen-bond donors (Lipinski definition) is 2. The monoisotopic (exact) mass is 353 g/mol. The van der Waals surface area contributed by atoms with Crippen LogP contribution in [-0.2, 0) is 4.79 Å². The summed E-state index contributed by atoms with van der Waals surface area (Å²) in [6.45, 7) is 5.53. The van der Waals surface area contributed by atoms with E-state index in [4.69, 9.17) is 4.74 Å². The Morgan fingerprint density at radius 3 is 2.50 bits per heavy atom. The molecule has 2 rings (SSSR count). The number of hydrogen-bond acceptors (Lipinski definition) is 4. The highest BCUT2D eigenvalue weighted by Crippen LogP contribution is 2.25. The molecule has 0 saturated heterocycles. The molecule has 136 valence electrons. The molecule has 2 amide bonds. The summed E-state index contributed by atoms with van der Waals surface area (Å²) in [5.74, 6) is 0.0417. The number of methoxy groups -OCH3 is 1. The lowest BCUT2D eigenvalue weighted by atomic mass is 10.1. The Balaban J connectivity index is 1.95. The van der Waals surface area contributed by atoms with Gasteiger partial charge in [-0.1, -0.05) is 23.8 Å². The summed E-state index contributed by atoms with van der Waals surface area (Å²) in [6, 6.07) is 12.7. The molecule has 26 heavy (non-hydrogen) atoms. The van der Waals surface area contributed by atoms with E-state index in [-0.39, 0.29) is 18.2 Å². The second kappa shape index (κ2) is 8.80. The van der Waals surface area contributed by atoms with Crippen molar-refractivity contribution in [3.05, 3.63) is 59.2 Å². The fraction of sp³-hybridized carbons (Fsp3) is 0.250. The van der Waals surface area contributed by atoms with Crippen molar-refractivity contribution in [3.8, 4) is 5.75 Å². The molecule has 6 heteroatoms. The van der Waals surface area contributed by atoms with E-state index in [1.54, 1.807) is 32.2 Å². The van der Waals surface area contributed by atoms with Crippen LogP contribution in [0, 0.1) is 13.8 Å². The van der Waals surface area contributed by atoms with E-state index in [9.17, 15) is 9.59 Å². The van der Waals surface area contributed by atoms with Crippen molar-refractivity contribution in [2.75, 3.05) is 12.4 Å². The van der Waals surface area contributed by atoms with Gasteiger partial charge in [0.05, 0.1) is 19.2 Å². The minimum atomic E-state index is -0.311. The Morgan fingerprint density at radius 2 is 1.81 bits per heavy atom. The Kier molecular flexibility index (Phi) is 6.49. The predicted octanol–water partition coefficient (Wildman–Crippen LogP) is 3.45. The normalized spacial score (nSPS) is 11.0. The van der Waals surface area contributed by atoms with Gasteiger partial charge in [0.1, 0.15) is 5.75 Å². The minimum absolute atomic E-state index is 0.0607. The van der Waals surface area contributed by atoms with Gasteiger partial charge in [0.15, 0.2) is 0 Å². The van der Waals surface area contributed by atoms with Crippen LogP contribution in [0.5, 0.6) is 5.75 Å². The predicted molar refractivity (Wildman–Crippen MR) is 103 cm³/mol. The molecule has 0 spiro atoms. The SMILES string of the molecule is COc1ccc(C)cc1NC(=O)CC(C)=NNC(=O)c1cccc(C)c1. The quantitative estimate of drug-likeness (QED) is 0.617. The number of hydrazone groups is 1.